The van der Waals surface area contributed by atoms with Gasteiger partial charge in [-0.15, -0.1) is 17.5 Å². The van der Waals surface area contributed by atoms with Crippen molar-refractivity contribution in [2.45, 2.75) is 6.92 Å². The van der Waals surface area contributed by atoms with E-state index in [1.54, 1.807) is 24.0 Å². The van der Waals surface area contributed by atoms with Gasteiger partial charge in [0.15, 0.2) is 5.13 Å². The summed E-state index contributed by atoms with van der Waals surface area (Å²) in [5.74, 6) is -0.588. The monoisotopic (exact) mass is 401 g/mol. The number of likely N-dealkylation sites (N-methyl/N-ethyl adjacent to an activating group) is 1. The maximum absolute atomic E-state index is 13.9. The summed E-state index contributed by atoms with van der Waals surface area (Å²) in [5, 5.41) is 4.38. The number of halogens is 2. The number of aromatic nitrogens is 3. The number of rotatable bonds is 5. The second-order valence-electron chi connectivity index (χ2n) is 5.53. The Kier molecular flexibility index (Phi) is 6.39. The minimum atomic E-state index is -0.384. The highest BCUT2D eigenvalue weighted by Crippen LogP contribution is 2.31. The van der Waals surface area contributed by atoms with E-state index >= 15 is 0 Å². The molecule has 3 aromatic rings. The van der Waals surface area contributed by atoms with Crippen molar-refractivity contribution in [2.75, 3.05) is 32.1 Å². The lowest BCUT2D eigenvalue weighted by Gasteiger charge is -2.21. The number of hydrogen-bond donors (Lipinski definition) is 0. The van der Waals surface area contributed by atoms with Gasteiger partial charge in [-0.1, -0.05) is 21.9 Å². The van der Waals surface area contributed by atoms with Crippen molar-refractivity contribution in [3.63, 3.8) is 0 Å². The molecule has 1 amide bonds. The minimum absolute atomic E-state index is 0. The van der Waals surface area contributed by atoms with Gasteiger partial charge in [0.25, 0.3) is 5.91 Å². The fourth-order valence-corrected chi connectivity index (χ4v) is 3.76. The highest BCUT2D eigenvalue weighted by atomic mass is 35.5. The van der Waals surface area contributed by atoms with Crippen molar-refractivity contribution in [3.8, 4) is 0 Å². The third-order valence-corrected chi connectivity index (χ3v) is 5.31. The Morgan fingerprint density at radius 2 is 2.04 bits per heavy atom. The first-order valence-corrected chi connectivity index (χ1v) is 8.87. The van der Waals surface area contributed by atoms with E-state index in [1.807, 2.05) is 19.0 Å². The largest absolute Gasteiger partial charge is 0.308 e. The molecular formula is C15H17ClFN5OS2. The number of anilines is 1. The molecule has 0 saturated heterocycles. The highest BCUT2D eigenvalue weighted by molar-refractivity contribution is 7.22. The van der Waals surface area contributed by atoms with Crippen LogP contribution in [0.25, 0.3) is 10.2 Å². The zero-order valence-electron chi connectivity index (χ0n) is 13.9. The van der Waals surface area contributed by atoms with Gasteiger partial charge < -0.3 is 4.90 Å². The van der Waals surface area contributed by atoms with Crippen LogP contribution in [0.15, 0.2) is 18.2 Å². The van der Waals surface area contributed by atoms with E-state index in [0.29, 0.717) is 39.0 Å². The predicted molar refractivity (Wildman–Crippen MR) is 102 cm³/mol. The molecule has 0 saturated carbocycles. The molecule has 0 aliphatic rings. The molecule has 0 aliphatic carbocycles. The van der Waals surface area contributed by atoms with Gasteiger partial charge in [-0.05, 0) is 44.7 Å². The summed E-state index contributed by atoms with van der Waals surface area (Å²) in [4.78, 5) is 21.3. The Balaban J connectivity index is 0.00000225. The van der Waals surface area contributed by atoms with E-state index < -0.39 is 0 Å². The van der Waals surface area contributed by atoms with Crippen molar-refractivity contribution < 1.29 is 9.18 Å². The number of aryl methyl sites for hydroxylation is 1. The summed E-state index contributed by atoms with van der Waals surface area (Å²) >= 11 is 2.36. The molecule has 0 unspecified atom stereocenters. The first-order valence-electron chi connectivity index (χ1n) is 7.28. The number of fused-ring (bicyclic) bond motifs is 1. The smallest absolute Gasteiger partial charge is 0.273 e. The highest BCUT2D eigenvalue weighted by Gasteiger charge is 2.25. The molecule has 0 atom stereocenters. The number of hydrogen-bond acceptors (Lipinski definition) is 7. The molecule has 3 rings (SSSR count). The van der Waals surface area contributed by atoms with E-state index in [9.17, 15) is 9.18 Å². The maximum Gasteiger partial charge on any atom is 0.273 e. The summed E-state index contributed by atoms with van der Waals surface area (Å²) < 4.78 is 18.5. The van der Waals surface area contributed by atoms with E-state index in [-0.39, 0.29) is 24.1 Å². The molecule has 25 heavy (non-hydrogen) atoms. The number of carbonyl (C=O) groups excluding carboxylic acids is 1. The molecular weight excluding hydrogens is 385 g/mol. The molecule has 0 spiro atoms. The third-order valence-electron chi connectivity index (χ3n) is 3.45. The molecule has 1 aromatic carbocycles. The molecule has 6 nitrogen and oxygen atoms in total. The normalized spacial score (nSPS) is 10.9. The van der Waals surface area contributed by atoms with Crippen molar-refractivity contribution in [1.29, 1.82) is 0 Å². The molecule has 0 radical (unpaired) electrons. The Morgan fingerprint density at radius 1 is 1.28 bits per heavy atom. The number of nitrogens with zero attached hydrogens (tertiary/aromatic N) is 5. The summed E-state index contributed by atoms with van der Waals surface area (Å²) in [6, 6.07) is 4.81. The average Bonchev–Trinajstić information content (AvgIpc) is 3.14. The third kappa shape index (κ3) is 4.12. The van der Waals surface area contributed by atoms with Gasteiger partial charge in [-0.2, -0.15) is 0 Å². The minimum Gasteiger partial charge on any atom is -0.308 e. The van der Waals surface area contributed by atoms with Crippen LogP contribution in [0.4, 0.5) is 9.52 Å². The Labute approximate surface area is 158 Å². The van der Waals surface area contributed by atoms with Gasteiger partial charge in [0.05, 0.1) is 10.4 Å². The summed E-state index contributed by atoms with van der Waals surface area (Å²) in [6.45, 7) is 2.86. The number of amides is 1. The summed E-state index contributed by atoms with van der Waals surface area (Å²) in [6.07, 6.45) is 0. The lowest BCUT2D eigenvalue weighted by Crippen LogP contribution is -2.36. The second-order valence-corrected chi connectivity index (χ2v) is 7.29. The van der Waals surface area contributed by atoms with Crippen LogP contribution in [0.3, 0.4) is 0 Å². The quantitative estimate of drug-likeness (QED) is 0.656. The van der Waals surface area contributed by atoms with Gasteiger partial charge in [-0.25, -0.2) is 9.37 Å². The van der Waals surface area contributed by atoms with Crippen LogP contribution in [-0.4, -0.2) is 52.6 Å². The number of para-hydroxylation sites is 1. The van der Waals surface area contributed by atoms with Gasteiger partial charge in [0.1, 0.15) is 16.2 Å². The van der Waals surface area contributed by atoms with E-state index in [1.165, 1.54) is 17.4 Å². The average molecular weight is 402 g/mol. The molecule has 0 aliphatic heterocycles. The van der Waals surface area contributed by atoms with Crippen LogP contribution < -0.4 is 4.90 Å². The second kappa shape index (κ2) is 8.13. The van der Waals surface area contributed by atoms with Gasteiger partial charge in [0, 0.05) is 13.1 Å². The van der Waals surface area contributed by atoms with E-state index in [2.05, 4.69) is 14.6 Å². The molecule has 0 fully saturated rings. The number of carbonyl (C=O) groups is 1. The van der Waals surface area contributed by atoms with Crippen molar-refractivity contribution in [2.24, 2.45) is 0 Å². The number of benzene rings is 1. The first kappa shape index (κ1) is 19.6. The Morgan fingerprint density at radius 3 is 2.64 bits per heavy atom. The van der Waals surface area contributed by atoms with Crippen LogP contribution in [0.5, 0.6) is 0 Å². The number of thiazole rings is 1. The van der Waals surface area contributed by atoms with Crippen molar-refractivity contribution in [1.82, 2.24) is 19.5 Å². The van der Waals surface area contributed by atoms with Crippen molar-refractivity contribution >= 4 is 56.5 Å². The zero-order chi connectivity index (χ0) is 17.3. The standard InChI is InChI=1S/C15H16FN5OS2.ClH/c1-9-13(24-19-18-9)14(22)21(8-7-20(2)3)15-17-12-10(16)5-4-6-11(12)23-15;/h4-6H,7-8H2,1-3H3;1H. The molecule has 0 bridgehead atoms. The van der Waals surface area contributed by atoms with E-state index in [4.69, 9.17) is 0 Å². The Bertz CT molecular complexity index is 882. The van der Waals surface area contributed by atoms with Crippen LogP contribution in [0.1, 0.15) is 15.4 Å². The summed E-state index contributed by atoms with van der Waals surface area (Å²) in [7, 11) is 3.86. The molecule has 2 heterocycles. The van der Waals surface area contributed by atoms with Gasteiger partial charge in [-0.3, -0.25) is 9.69 Å². The zero-order valence-corrected chi connectivity index (χ0v) is 16.3. The summed E-state index contributed by atoms with van der Waals surface area (Å²) in [5.41, 5.74) is 0.881. The lowest BCUT2D eigenvalue weighted by molar-refractivity contribution is 0.0988. The van der Waals surface area contributed by atoms with Crippen LogP contribution in [-0.2, 0) is 0 Å². The van der Waals surface area contributed by atoms with Crippen LogP contribution >= 0.6 is 35.3 Å². The fourth-order valence-electron chi connectivity index (χ4n) is 2.15. The first-order chi connectivity index (χ1) is 11.5. The van der Waals surface area contributed by atoms with Crippen LogP contribution in [0.2, 0.25) is 0 Å². The topological polar surface area (TPSA) is 62.2 Å². The molecule has 0 N–H and O–H groups in total. The predicted octanol–water partition coefficient (Wildman–Crippen LogP) is 3.23. The van der Waals surface area contributed by atoms with E-state index in [0.717, 1.165) is 11.5 Å². The SMILES string of the molecule is Cc1nnsc1C(=O)N(CCN(C)C)c1nc2c(F)cccc2s1.Cl. The molecule has 2 aromatic heterocycles. The maximum atomic E-state index is 13.9. The molecule has 10 heteroatoms. The van der Waals surface area contributed by atoms with Gasteiger partial charge in [0.2, 0.25) is 0 Å². The Hall–Kier alpha value is -1.68. The molecule has 134 valence electrons. The van der Waals surface area contributed by atoms with Gasteiger partial charge >= 0.3 is 0 Å². The van der Waals surface area contributed by atoms with Crippen LogP contribution in [0, 0.1) is 12.7 Å². The lowest BCUT2D eigenvalue weighted by atomic mass is 10.3. The fraction of sp³-hybridized carbons (Fsp3) is 0.333. The van der Waals surface area contributed by atoms with Crippen molar-refractivity contribution in [3.05, 3.63) is 34.6 Å².